The summed E-state index contributed by atoms with van der Waals surface area (Å²) < 4.78 is 38.8. The molecule has 1 aromatic heterocycles. The van der Waals surface area contributed by atoms with Crippen LogP contribution in [0.5, 0.6) is 5.75 Å². The molecule has 0 saturated heterocycles. The van der Waals surface area contributed by atoms with Crippen LogP contribution >= 0.6 is 0 Å². The molecule has 1 unspecified atom stereocenters. The van der Waals surface area contributed by atoms with E-state index in [1.165, 1.54) is 23.5 Å². The molecule has 0 aliphatic heterocycles. The summed E-state index contributed by atoms with van der Waals surface area (Å²) in [6, 6.07) is 18.2. The summed E-state index contributed by atoms with van der Waals surface area (Å²) in [6.45, 7) is 3.79. The second kappa shape index (κ2) is 13.9. The van der Waals surface area contributed by atoms with Crippen LogP contribution < -0.4 is 10.1 Å². The zero-order valence-corrected chi connectivity index (χ0v) is 22.7. The molecule has 0 saturated carbocycles. The van der Waals surface area contributed by atoms with Gasteiger partial charge in [0.05, 0.1) is 24.2 Å². The van der Waals surface area contributed by atoms with Crippen molar-refractivity contribution in [3.8, 4) is 5.75 Å². The number of nitrogens with zero attached hydrogens (tertiary/aromatic N) is 2. The first kappa shape index (κ1) is 29.1. The van der Waals surface area contributed by atoms with Gasteiger partial charge in [-0.25, -0.2) is 13.2 Å². The van der Waals surface area contributed by atoms with E-state index in [9.17, 15) is 18.3 Å². The van der Waals surface area contributed by atoms with Gasteiger partial charge in [0.2, 0.25) is 10.0 Å². The second-order valence-corrected chi connectivity index (χ2v) is 11.3. The maximum Gasteiger partial charge on any atom is 0.407 e. The molecule has 204 valence electrons. The fourth-order valence-corrected chi connectivity index (χ4v) is 5.51. The third-order valence-electron chi connectivity index (χ3n) is 5.82. The molecule has 0 bridgehead atoms. The van der Waals surface area contributed by atoms with Crippen LogP contribution in [-0.4, -0.2) is 61.3 Å². The number of carbonyl (C=O) groups excluding carboxylic acids is 1. The van der Waals surface area contributed by atoms with Crippen molar-refractivity contribution >= 4 is 16.1 Å². The molecule has 2 aromatic carbocycles. The first-order chi connectivity index (χ1) is 18.2. The molecule has 2 N–H and O–H groups in total. The number of benzene rings is 2. The molecule has 0 aliphatic carbocycles. The van der Waals surface area contributed by atoms with Gasteiger partial charge in [0.15, 0.2) is 0 Å². The van der Waals surface area contributed by atoms with Crippen molar-refractivity contribution < 1.29 is 27.8 Å². The van der Waals surface area contributed by atoms with Gasteiger partial charge >= 0.3 is 6.09 Å². The molecular formula is C28H35N3O6S. The van der Waals surface area contributed by atoms with E-state index in [4.69, 9.17) is 9.47 Å². The molecule has 1 amide bonds. The van der Waals surface area contributed by atoms with Crippen molar-refractivity contribution in [1.29, 1.82) is 0 Å². The van der Waals surface area contributed by atoms with Gasteiger partial charge in [-0.05, 0) is 48.2 Å². The van der Waals surface area contributed by atoms with Gasteiger partial charge in [-0.1, -0.05) is 50.2 Å². The summed E-state index contributed by atoms with van der Waals surface area (Å²) in [4.78, 5) is 16.7. The van der Waals surface area contributed by atoms with Crippen molar-refractivity contribution in [1.82, 2.24) is 14.6 Å². The second-order valence-electron chi connectivity index (χ2n) is 9.34. The zero-order chi connectivity index (χ0) is 27.5. The first-order valence-corrected chi connectivity index (χ1v) is 13.8. The summed E-state index contributed by atoms with van der Waals surface area (Å²) in [5.74, 6) is 0.538. The van der Waals surface area contributed by atoms with Crippen molar-refractivity contribution in [2.45, 2.75) is 43.9 Å². The minimum atomic E-state index is -3.93. The number of rotatable bonds is 13. The highest BCUT2D eigenvalue weighted by molar-refractivity contribution is 7.89. The third kappa shape index (κ3) is 8.54. The van der Waals surface area contributed by atoms with Crippen molar-refractivity contribution in [3.63, 3.8) is 0 Å². The van der Waals surface area contributed by atoms with E-state index in [1.807, 2.05) is 44.2 Å². The van der Waals surface area contributed by atoms with Gasteiger partial charge in [-0.3, -0.25) is 4.98 Å². The van der Waals surface area contributed by atoms with Crippen molar-refractivity contribution in [2.24, 2.45) is 5.92 Å². The number of aliphatic hydroxyl groups is 1. The van der Waals surface area contributed by atoms with Gasteiger partial charge in [0, 0.05) is 31.0 Å². The van der Waals surface area contributed by atoms with Crippen LogP contribution in [-0.2, 0) is 27.8 Å². The largest absolute Gasteiger partial charge is 0.497 e. The maximum atomic E-state index is 13.5. The zero-order valence-electron chi connectivity index (χ0n) is 21.9. The minimum Gasteiger partial charge on any atom is -0.497 e. The summed E-state index contributed by atoms with van der Waals surface area (Å²) >= 11 is 0. The maximum absolute atomic E-state index is 13.5. The van der Waals surface area contributed by atoms with Crippen molar-refractivity contribution in [2.75, 3.05) is 20.2 Å². The molecule has 3 rings (SSSR count). The number of nitrogens with one attached hydrogen (secondary N) is 1. The van der Waals surface area contributed by atoms with Crippen LogP contribution in [0.4, 0.5) is 4.79 Å². The van der Waals surface area contributed by atoms with Crippen LogP contribution in [0.1, 0.15) is 25.0 Å². The Kier molecular flexibility index (Phi) is 10.6. The lowest BCUT2D eigenvalue weighted by Gasteiger charge is -2.30. The molecule has 9 nitrogen and oxygen atoms in total. The van der Waals surface area contributed by atoms with Crippen LogP contribution in [0.3, 0.4) is 0 Å². The summed E-state index contributed by atoms with van der Waals surface area (Å²) in [6.07, 6.45) is 1.56. The number of hydrogen-bond acceptors (Lipinski definition) is 7. The number of sulfonamides is 1. The third-order valence-corrected chi connectivity index (χ3v) is 7.66. The van der Waals surface area contributed by atoms with Crippen LogP contribution in [0, 0.1) is 5.92 Å². The predicted octanol–water partition coefficient (Wildman–Crippen LogP) is 3.64. The average Bonchev–Trinajstić information content (AvgIpc) is 2.92. The van der Waals surface area contributed by atoms with Gasteiger partial charge < -0.3 is 19.9 Å². The number of amides is 1. The van der Waals surface area contributed by atoms with E-state index in [-0.39, 0.29) is 36.9 Å². The number of carbonyl (C=O) groups is 1. The molecule has 38 heavy (non-hydrogen) atoms. The highest BCUT2D eigenvalue weighted by Crippen LogP contribution is 2.21. The van der Waals surface area contributed by atoms with Crippen molar-refractivity contribution in [3.05, 3.63) is 90.3 Å². The Morgan fingerprint density at radius 1 is 1.00 bits per heavy atom. The summed E-state index contributed by atoms with van der Waals surface area (Å²) in [7, 11) is -2.42. The fraction of sp³-hybridized carbons (Fsp3) is 0.357. The quantitative estimate of drug-likeness (QED) is 0.339. The Hall–Kier alpha value is -3.47. The SMILES string of the molecule is COc1ccc(S(=O)(=O)N(CC(C)C)CC(O)[C@H](Cc2ccccc2)NC(=O)OCc2cccnc2)cc1. The van der Waals surface area contributed by atoms with Gasteiger partial charge in [0.25, 0.3) is 0 Å². The fourth-order valence-electron chi connectivity index (χ4n) is 3.89. The van der Waals surface area contributed by atoms with E-state index < -0.39 is 28.3 Å². The Morgan fingerprint density at radius 2 is 1.68 bits per heavy atom. The van der Waals surface area contributed by atoms with E-state index >= 15 is 0 Å². The Bertz CT molecular complexity index is 1240. The van der Waals surface area contributed by atoms with E-state index in [0.29, 0.717) is 5.75 Å². The molecule has 0 radical (unpaired) electrons. The smallest absolute Gasteiger partial charge is 0.407 e. The molecule has 3 aromatic rings. The highest BCUT2D eigenvalue weighted by atomic mass is 32.2. The molecule has 0 aliphatic rings. The van der Waals surface area contributed by atoms with Crippen LogP contribution in [0.2, 0.25) is 0 Å². The Labute approximate surface area is 224 Å². The minimum absolute atomic E-state index is 0.000188. The van der Waals surface area contributed by atoms with Crippen LogP contribution in [0.15, 0.2) is 84.0 Å². The normalized spacial score (nSPS) is 13.2. The standard InChI is InChI=1S/C28H35N3O6S/c1-21(2)18-31(38(34,35)25-13-11-24(36-3)12-14-25)19-27(32)26(16-22-8-5-4-6-9-22)30-28(33)37-20-23-10-7-15-29-17-23/h4-15,17,21,26-27,32H,16,18-20H2,1-3H3,(H,30,33)/t26-,27?/m0/s1. The van der Waals surface area contributed by atoms with E-state index in [2.05, 4.69) is 10.3 Å². The molecule has 0 fully saturated rings. The topological polar surface area (TPSA) is 118 Å². The van der Waals surface area contributed by atoms with E-state index in [0.717, 1.165) is 11.1 Å². The predicted molar refractivity (Wildman–Crippen MR) is 144 cm³/mol. The lowest BCUT2D eigenvalue weighted by atomic mass is 10.0. The number of aromatic nitrogens is 1. The number of ether oxygens (including phenoxy) is 2. The number of pyridine rings is 1. The van der Waals surface area contributed by atoms with Gasteiger partial charge in [-0.15, -0.1) is 0 Å². The monoisotopic (exact) mass is 541 g/mol. The number of hydrogen-bond donors (Lipinski definition) is 2. The number of alkyl carbamates (subject to hydrolysis) is 1. The lowest BCUT2D eigenvalue weighted by molar-refractivity contribution is 0.0873. The molecule has 10 heteroatoms. The molecule has 0 spiro atoms. The molecule has 2 atom stereocenters. The Morgan fingerprint density at radius 3 is 2.29 bits per heavy atom. The first-order valence-electron chi connectivity index (χ1n) is 12.4. The van der Waals surface area contributed by atoms with Gasteiger partial charge in [-0.2, -0.15) is 4.31 Å². The summed E-state index contributed by atoms with van der Waals surface area (Å²) in [5, 5.41) is 14.0. The number of aliphatic hydroxyl groups excluding tert-OH is 1. The van der Waals surface area contributed by atoms with Gasteiger partial charge in [0.1, 0.15) is 12.4 Å². The summed E-state index contributed by atoms with van der Waals surface area (Å²) in [5.41, 5.74) is 1.59. The number of methoxy groups -OCH3 is 1. The highest BCUT2D eigenvalue weighted by Gasteiger charge is 2.31. The van der Waals surface area contributed by atoms with E-state index in [1.54, 1.807) is 36.7 Å². The molecular weight excluding hydrogens is 506 g/mol. The van der Waals surface area contributed by atoms with Crippen LogP contribution in [0.25, 0.3) is 0 Å². The molecule has 1 heterocycles. The average molecular weight is 542 g/mol. The lowest BCUT2D eigenvalue weighted by Crippen LogP contribution is -2.51. The Balaban J connectivity index is 1.79.